The van der Waals surface area contributed by atoms with Gasteiger partial charge in [-0.2, -0.15) is 0 Å². The third-order valence-electron chi connectivity index (χ3n) is 3.01. The van der Waals surface area contributed by atoms with E-state index in [0.717, 1.165) is 12.8 Å². The van der Waals surface area contributed by atoms with E-state index in [1.807, 2.05) is 5.38 Å². The summed E-state index contributed by atoms with van der Waals surface area (Å²) in [5.74, 6) is -0.0359. The van der Waals surface area contributed by atoms with Gasteiger partial charge in [-0.15, -0.1) is 11.3 Å². The number of rotatable bonds is 4. The van der Waals surface area contributed by atoms with E-state index >= 15 is 0 Å². The molecule has 1 heterocycles. The van der Waals surface area contributed by atoms with Crippen molar-refractivity contribution in [1.29, 1.82) is 0 Å². The third-order valence-corrected chi connectivity index (χ3v) is 3.93. The monoisotopic (exact) mass is 240 g/mol. The summed E-state index contributed by atoms with van der Waals surface area (Å²) in [5.41, 5.74) is 6.27. The second-order valence-corrected chi connectivity index (χ2v) is 4.93. The molecule has 0 saturated heterocycles. The first kappa shape index (κ1) is 11.4. The molecule has 1 aliphatic carbocycles. The molecule has 5 heteroatoms. The van der Waals surface area contributed by atoms with Gasteiger partial charge in [0, 0.05) is 12.6 Å². The van der Waals surface area contributed by atoms with Crippen LogP contribution in [-0.2, 0) is 0 Å². The molecule has 0 bridgehead atoms. The van der Waals surface area contributed by atoms with E-state index in [1.54, 1.807) is 11.0 Å². The smallest absolute Gasteiger partial charge is 0.266 e. The molecule has 1 fully saturated rings. The summed E-state index contributed by atoms with van der Waals surface area (Å²) in [4.78, 5) is 14.5. The fraction of sp³-hybridized carbons (Fsp3) is 0.545. The molecule has 0 aromatic carbocycles. The number of nitrogens with two attached hydrogens (primary N) is 1. The molecule has 0 unspecified atom stereocenters. The topological polar surface area (TPSA) is 66.6 Å². The van der Waals surface area contributed by atoms with Gasteiger partial charge in [-0.05, 0) is 30.7 Å². The number of aliphatic hydroxyl groups excluding tert-OH is 1. The van der Waals surface area contributed by atoms with Gasteiger partial charge in [0.1, 0.15) is 4.88 Å². The fourth-order valence-electron chi connectivity index (χ4n) is 1.88. The molecule has 16 heavy (non-hydrogen) atoms. The lowest BCUT2D eigenvalue weighted by Crippen LogP contribution is -2.45. The van der Waals surface area contributed by atoms with Gasteiger partial charge in [-0.3, -0.25) is 4.79 Å². The first-order chi connectivity index (χ1) is 7.74. The number of hydrogen-bond donors (Lipinski definition) is 2. The SMILES string of the molecule is Nc1ccsc1C(=O)N(CCO)C1CCC1. The number of thiophene rings is 1. The Morgan fingerprint density at radius 3 is 2.81 bits per heavy atom. The Bertz CT molecular complexity index is 374. The Hall–Kier alpha value is -1.07. The van der Waals surface area contributed by atoms with E-state index in [1.165, 1.54) is 17.8 Å². The Labute approximate surface area is 98.7 Å². The number of carbonyl (C=O) groups is 1. The number of nitrogen functional groups attached to an aromatic ring is 1. The van der Waals surface area contributed by atoms with Crippen LogP contribution in [-0.4, -0.2) is 35.1 Å². The van der Waals surface area contributed by atoms with E-state index in [-0.39, 0.29) is 12.5 Å². The van der Waals surface area contributed by atoms with E-state index in [4.69, 9.17) is 10.8 Å². The van der Waals surface area contributed by atoms with E-state index < -0.39 is 0 Å². The molecular weight excluding hydrogens is 224 g/mol. The van der Waals surface area contributed by atoms with Crippen LogP contribution in [0.15, 0.2) is 11.4 Å². The normalized spacial score (nSPS) is 15.8. The zero-order valence-electron chi connectivity index (χ0n) is 9.06. The maximum absolute atomic E-state index is 12.2. The summed E-state index contributed by atoms with van der Waals surface area (Å²) in [7, 11) is 0. The van der Waals surface area contributed by atoms with Crippen LogP contribution in [0.4, 0.5) is 5.69 Å². The number of hydrogen-bond acceptors (Lipinski definition) is 4. The molecule has 88 valence electrons. The zero-order chi connectivity index (χ0) is 11.5. The summed E-state index contributed by atoms with van der Waals surface area (Å²) in [5, 5.41) is 10.8. The highest BCUT2D eigenvalue weighted by atomic mass is 32.1. The highest BCUT2D eigenvalue weighted by Gasteiger charge is 2.30. The minimum Gasteiger partial charge on any atom is -0.397 e. The Morgan fingerprint density at radius 2 is 2.38 bits per heavy atom. The van der Waals surface area contributed by atoms with Gasteiger partial charge >= 0.3 is 0 Å². The maximum Gasteiger partial charge on any atom is 0.266 e. The molecule has 1 saturated carbocycles. The average Bonchev–Trinajstić information content (AvgIpc) is 2.60. The average molecular weight is 240 g/mol. The van der Waals surface area contributed by atoms with Crippen molar-refractivity contribution >= 4 is 22.9 Å². The first-order valence-electron chi connectivity index (χ1n) is 5.49. The number of aliphatic hydroxyl groups is 1. The second-order valence-electron chi connectivity index (χ2n) is 4.01. The summed E-state index contributed by atoms with van der Waals surface area (Å²) >= 11 is 1.37. The lowest BCUT2D eigenvalue weighted by Gasteiger charge is -2.37. The molecule has 3 N–H and O–H groups in total. The Kier molecular flexibility index (Phi) is 3.46. The molecule has 1 aromatic heterocycles. The van der Waals surface area contributed by atoms with Crippen LogP contribution in [0.25, 0.3) is 0 Å². The molecule has 4 nitrogen and oxygen atoms in total. The Balaban J connectivity index is 2.13. The lowest BCUT2D eigenvalue weighted by atomic mass is 9.91. The van der Waals surface area contributed by atoms with Crippen molar-refractivity contribution in [1.82, 2.24) is 4.90 Å². The van der Waals surface area contributed by atoms with E-state index in [2.05, 4.69) is 0 Å². The molecule has 0 spiro atoms. The molecule has 0 atom stereocenters. The van der Waals surface area contributed by atoms with Crippen LogP contribution in [0.1, 0.15) is 28.9 Å². The van der Waals surface area contributed by atoms with Crippen LogP contribution in [0.3, 0.4) is 0 Å². The van der Waals surface area contributed by atoms with Crippen LogP contribution in [0, 0.1) is 0 Å². The van der Waals surface area contributed by atoms with Gasteiger partial charge in [-0.1, -0.05) is 0 Å². The molecule has 1 amide bonds. The van der Waals surface area contributed by atoms with Crippen LogP contribution >= 0.6 is 11.3 Å². The molecular formula is C11H16N2O2S. The van der Waals surface area contributed by atoms with Gasteiger partial charge in [0.2, 0.25) is 0 Å². The van der Waals surface area contributed by atoms with Crippen molar-refractivity contribution in [3.63, 3.8) is 0 Å². The highest BCUT2D eigenvalue weighted by molar-refractivity contribution is 7.12. The van der Waals surface area contributed by atoms with Crippen LogP contribution in [0.5, 0.6) is 0 Å². The number of amides is 1. The number of anilines is 1. The number of nitrogens with zero attached hydrogens (tertiary/aromatic N) is 1. The molecule has 0 radical (unpaired) electrons. The van der Waals surface area contributed by atoms with Crippen molar-refractivity contribution in [3.8, 4) is 0 Å². The van der Waals surface area contributed by atoms with Gasteiger partial charge < -0.3 is 15.7 Å². The van der Waals surface area contributed by atoms with E-state index in [9.17, 15) is 4.79 Å². The summed E-state index contributed by atoms with van der Waals surface area (Å²) in [6.07, 6.45) is 3.24. The Morgan fingerprint density at radius 1 is 1.62 bits per heavy atom. The molecule has 2 rings (SSSR count). The largest absolute Gasteiger partial charge is 0.397 e. The summed E-state index contributed by atoms with van der Waals surface area (Å²) in [6, 6.07) is 2.04. The minimum absolute atomic E-state index is 0.00746. The quantitative estimate of drug-likeness (QED) is 0.834. The van der Waals surface area contributed by atoms with Gasteiger partial charge in [0.15, 0.2) is 0 Å². The predicted octanol–water partition coefficient (Wildman–Crippen LogP) is 1.32. The van der Waals surface area contributed by atoms with Crippen LogP contribution in [0.2, 0.25) is 0 Å². The maximum atomic E-state index is 12.2. The van der Waals surface area contributed by atoms with Crippen molar-refractivity contribution in [2.45, 2.75) is 25.3 Å². The van der Waals surface area contributed by atoms with Crippen molar-refractivity contribution in [2.75, 3.05) is 18.9 Å². The lowest BCUT2D eigenvalue weighted by molar-refractivity contribution is 0.0531. The summed E-state index contributed by atoms with van der Waals surface area (Å²) in [6.45, 7) is 0.411. The first-order valence-corrected chi connectivity index (χ1v) is 6.37. The predicted molar refractivity (Wildman–Crippen MR) is 64.5 cm³/mol. The van der Waals surface area contributed by atoms with Gasteiger partial charge in [0.05, 0.1) is 12.3 Å². The van der Waals surface area contributed by atoms with Crippen molar-refractivity contribution in [2.24, 2.45) is 0 Å². The second kappa shape index (κ2) is 4.84. The van der Waals surface area contributed by atoms with E-state index in [0.29, 0.717) is 23.2 Å². The molecule has 1 aromatic rings. The van der Waals surface area contributed by atoms with Crippen molar-refractivity contribution < 1.29 is 9.90 Å². The third kappa shape index (κ3) is 2.05. The number of carbonyl (C=O) groups excluding carboxylic acids is 1. The van der Waals surface area contributed by atoms with Gasteiger partial charge in [-0.25, -0.2) is 0 Å². The van der Waals surface area contributed by atoms with Crippen LogP contribution < -0.4 is 5.73 Å². The van der Waals surface area contributed by atoms with Crippen molar-refractivity contribution in [3.05, 3.63) is 16.3 Å². The fourth-order valence-corrected chi connectivity index (χ4v) is 2.65. The summed E-state index contributed by atoms with van der Waals surface area (Å²) < 4.78 is 0. The minimum atomic E-state index is -0.0359. The zero-order valence-corrected chi connectivity index (χ0v) is 9.87. The van der Waals surface area contributed by atoms with Gasteiger partial charge in [0.25, 0.3) is 5.91 Å². The molecule has 1 aliphatic rings. The standard InChI is InChI=1S/C11H16N2O2S/c12-9-4-7-16-10(9)11(15)13(5-6-14)8-2-1-3-8/h4,7-8,14H,1-3,5-6,12H2. The highest BCUT2D eigenvalue weighted by Crippen LogP contribution is 2.28. The molecule has 0 aliphatic heterocycles.